The number of hydrogen-bond donors (Lipinski definition) is 0. The molecule has 0 fully saturated rings. The van der Waals surface area contributed by atoms with Gasteiger partial charge in [-0.3, -0.25) is 4.79 Å². The summed E-state index contributed by atoms with van der Waals surface area (Å²) in [5.74, 6) is 0.00445. The van der Waals surface area contributed by atoms with Gasteiger partial charge in [0.25, 0.3) is 5.56 Å². The van der Waals surface area contributed by atoms with E-state index in [0.29, 0.717) is 15.3 Å². The summed E-state index contributed by atoms with van der Waals surface area (Å²) in [6.45, 7) is 6.45. The van der Waals surface area contributed by atoms with Crippen LogP contribution >= 0.6 is 22.9 Å². The minimum Gasteiger partial charge on any atom is -0.266 e. The Balaban J connectivity index is 1.77. The van der Waals surface area contributed by atoms with E-state index in [1.807, 2.05) is 24.3 Å². The van der Waals surface area contributed by atoms with Gasteiger partial charge in [0.1, 0.15) is 5.82 Å². The lowest BCUT2D eigenvalue weighted by atomic mass is 9.87. The topological polar surface area (TPSA) is 47.3 Å². The van der Waals surface area contributed by atoms with Crippen LogP contribution in [0.5, 0.6) is 0 Å². The highest BCUT2D eigenvalue weighted by Crippen LogP contribution is 2.25. The highest BCUT2D eigenvalue weighted by Gasteiger charge is 2.16. The molecule has 142 valence electrons. The van der Waals surface area contributed by atoms with Gasteiger partial charge in [0.15, 0.2) is 5.82 Å². The van der Waals surface area contributed by atoms with Gasteiger partial charge in [0, 0.05) is 11.1 Å². The van der Waals surface area contributed by atoms with Crippen molar-refractivity contribution in [3.05, 3.63) is 79.3 Å². The standard InChI is InChI=1S/C21H17ClFN3OS/c1-21(2,3)13-9-7-12(8-10-13)18-24-20-26(25-18)19(27)17(28-20)11-14-15(22)5-4-6-16(14)23/h4-11H,1-3H3/b17-11-. The first-order valence-electron chi connectivity index (χ1n) is 8.70. The minimum absolute atomic E-state index is 0.0570. The van der Waals surface area contributed by atoms with Gasteiger partial charge < -0.3 is 0 Å². The average Bonchev–Trinajstić information content (AvgIpc) is 3.17. The summed E-state index contributed by atoms with van der Waals surface area (Å²) in [5.41, 5.74) is 1.95. The van der Waals surface area contributed by atoms with Crippen LogP contribution in [0.2, 0.25) is 5.02 Å². The van der Waals surface area contributed by atoms with E-state index in [1.165, 1.54) is 28.3 Å². The van der Waals surface area contributed by atoms with E-state index < -0.39 is 5.82 Å². The zero-order valence-electron chi connectivity index (χ0n) is 15.5. The van der Waals surface area contributed by atoms with Gasteiger partial charge in [-0.1, -0.05) is 74.0 Å². The highest BCUT2D eigenvalue weighted by molar-refractivity contribution is 7.15. The van der Waals surface area contributed by atoms with E-state index in [0.717, 1.165) is 16.9 Å². The van der Waals surface area contributed by atoms with E-state index in [4.69, 9.17) is 11.6 Å². The Morgan fingerprint density at radius 2 is 1.86 bits per heavy atom. The van der Waals surface area contributed by atoms with Gasteiger partial charge in [-0.15, -0.1) is 5.10 Å². The molecule has 0 aliphatic heterocycles. The molecule has 4 nitrogen and oxygen atoms in total. The molecule has 0 atom stereocenters. The summed E-state index contributed by atoms with van der Waals surface area (Å²) >= 11 is 7.20. The fraction of sp³-hybridized carbons (Fsp3) is 0.190. The molecule has 7 heteroatoms. The number of rotatable bonds is 2. The SMILES string of the molecule is CC(C)(C)c1ccc(-c2nc3s/c(=C\c4c(F)cccc4Cl)c(=O)n3n2)cc1. The Morgan fingerprint density at radius 1 is 1.14 bits per heavy atom. The Labute approximate surface area is 169 Å². The molecule has 2 heterocycles. The summed E-state index contributed by atoms with van der Waals surface area (Å²) in [4.78, 5) is 17.6. The van der Waals surface area contributed by atoms with Crippen LogP contribution in [0.1, 0.15) is 31.9 Å². The van der Waals surface area contributed by atoms with Crippen LogP contribution in [0.15, 0.2) is 47.3 Å². The number of aromatic nitrogens is 3. The summed E-state index contributed by atoms with van der Waals surface area (Å²) in [5, 5.41) is 4.59. The molecule has 2 aromatic carbocycles. The lowest BCUT2D eigenvalue weighted by Gasteiger charge is -2.18. The monoisotopic (exact) mass is 413 g/mol. The fourth-order valence-electron chi connectivity index (χ4n) is 2.86. The Kier molecular flexibility index (Phi) is 4.56. The van der Waals surface area contributed by atoms with Crippen molar-refractivity contribution in [3.8, 4) is 11.4 Å². The maximum atomic E-state index is 14.0. The van der Waals surface area contributed by atoms with Gasteiger partial charge in [0.05, 0.1) is 9.55 Å². The van der Waals surface area contributed by atoms with Crippen LogP contribution in [0.4, 0.5) is 4.39 Å². The second kappa shape index (κ2) is 6.79. The second-order valence-corrected chi connectivity index (χ2v) is 8.92. The molecule has 4 rings (SSSR count). The van der Waals surface area contributed by atoms with Crippen LogP contribution in [-0.2, 0) is 5.41 Å². The fourth-order valence-corrected chi connectivity index (χ4v) is 3.96. The van der Waals surface area contributed by atoms with Gasteiger partial charge in [-0.05, 0) is 29.2 Å². The molecule has 0 bridgehead atoms. The second-order valence-electron chi connectivity index (χ2n) is 7.51. The molecule has 0 spiro atoms. The van der Waals surface area contributed by atoms with Crippen LogP contribution in [-0.4, -0.2) is 14.6 Å². The first-order chi connectivity index (χ1) is 13.2. The van der Waals surface area contributed by atoms with Gasteiger partial charge >= 0.3 is 0 Å². The Morgan fingerprint density at radius 3 is 2.46 bits per heavy atom. The zero-order chi connectivity index (χ0) is 20.1. The predicted molar refractivity (Wildman–Crippen MR) is 111 cm³/mol. The van der Waals surface area contributed by atoms with Crippen LogP contribution in [0.3, 0.4) is 0 Å². The highest BCUT2D eigenvalue weighted by atomic mass is 35.5. The molecule has 0 radical (unpaired) electrons. The number of thiazole rings is 1. The molecule has 0 N–H and O–H groups in total. The minimum atomic E-state index is -0.481. The van der Waals surface area contributed by atoms with Crippen molar-refractivity contribution in [2.75, 3.05) is 0 Å². The third kappa shape index (κ3) is 3.34. The molecule has 4 aromatic rings. The molecule has 0 unspecified atom stereocenters. The van der Waals surface area contributed by atoms with Gasteiger partial charge in [-0.25, -0.2) is 4.39 Å². The molecule has 0 amide bonds. The molecule has 2 aromatic heterocycles. The summed E-state index contributed by atoms with van der Waals surface area (Å²) in [7, 11) is 0. The molecule has 0 aliphatic carbocycles. The number of hydrogen-bond acceptors (Lipinski definition) is 4. The lowest BCUT2D eigenvalue weighted by Crippen LogP contribution is -2.23. The van der Waals surface area contributed by atoms with Crippen molar-refractivity contribution in [2.24, 2.45) is 0 Å². The number of halogens is 2. The van der Waals surface area contributed by atoms with Gasteiger partial charge in [0.2, 0.25) is 4.96 Å². The first kappa shape index (κ1) is 18.8. The smallest absolute Gasteiger partial charge is 0.266 e. The summed E-state index contributed by atoms with van der Waals surface area (Å²) < 4.78 is 15.6. The Hall–Kier alpha value is -2.57. The van der Waals surface area contributed by atoms with Crippen LogP contribution < -0.4 is 10.1 Å². The van der Waals surface area contributed by atoms with Crippen LogP contribution in [0, 0.1) is 5.82 Å². The maximum Gasteiger partial charge on any atom is 0.291 e. The van der Waals surface area contributed by atoms with E-state index >= 15 is 0 Å². The molecule has 28 heavy (non-hydrogen) atoms. The zero-order valence-corrected chi connectivity index (χ0v) is 17.1. The first-order valence-corrected chi connectivity index (χ1v) is 9.90. The van der Waals surface area contributed by atoms with Crippen molar-refractivity contribution in [3.63, 3.8) is 0 Å². The maximum absolute atomic E-state index is 14.0. The molecule has 0 aliphatic rings. The molecule has 0 saturated heterocycles. The quantitative estimate of drug-likeness (QED) is 0.487. The number of fused-ring (bicyclic) bond motifs is 1. The van der Waals surface area contributed by atoms with Crippen LogP contribution in [0.25, 0.3) is 22.4 Å². The van der Waals surface area contributed by atoms with E-state index in [1.54, 1.807) is 6.07 Å². The number of nitrogens with zero attached hydrogens (tertiary/aromatic N) is 3. The van der Waals surface area contributed by atoms with Crippen molar-refractivity contribution in [1.29, 1.82) is 0 Å². The van der Waals surface area contributed by atoms with Gasteiger partial charge in [-0.2, -0.15) is 9.50 Å². The van der Waals surface area contributed by atoms with E-state index in [9.17, 15) is 9.18 Å². The van der Waals surface area contributed by atoms with Crippen molar-refractivity contribution in [1.82, 2.24) is 14.6 Å². The summed E-state index contributed by atoms with van der Waals surface area (Å²) in [6, 6.07) is 12.4. The normalized spacial score (nSPS) is 12.8. The van der Waals surface area contributed by atoms with Crippen molar-refractivity contribution >= 4 is 34.0 Å². The lowest BCUT2D eigenvalue weighted by molar-refractivity contribution is 0.590. The summed E-state index contributed by atoms with van der Waals surface area (Å²) in [6.07, 6.45) is 1.44. The van der Waals surface area contributed by atoms with E-state index in [-0.39, 0.29) is 21.6 Å². The predicted octanol–water partition coefficient (Wildman–Crippen LogP) is 4.46. The van der Waals surface area contributed by atoms with Crippen molar-refractivity contribution < 1.29 is 4.39 Å². The third-order valence-corrected chi connectivity index (χ3v) is 5.75. The molecular weight excluding hydrogens is 397 g/mol. The third-order valence-electron chi connectivity index (χ3n) is 4.47. The Bertz CT molecular complexity index is 1270. The van der Waals surface area contributed by atoms with E-state index in [2.05, 4.69) is 30.9 Å². The van der Waals surface area contributed by atoms with Crippen molar-refractivity contribution in [2.45, 2.75) is 26.2 Å². The molecular formula is C21H17ClFN3OS. The average molecular weight is 414 g/mol. The largest absolute Gasteiger partial charge is 0.291 e. The molecule has 0 saturated carbocycles. The number of benzene rings is 2.